The van der Waals surface area contributed by atoms with Crippen LogP contribution >= 0.6 is 0 Å². The fourth-order valence-corrected chi connectivity index (χ4v) is 5.49. The molecule has 1 atom stereocenters. The molecule has 0 radical (unpaired) electrons. The van der Waals surface area contributed by atoms with Crippen LogP contribution in [0.4, 0.5) is 13.2 Å². The minimum absolute atomic E-state index is 0.0127. The van der Waals surface area contributed by atoms with Crippen LogP contribution in [0.2, 0.25) is 0 Å². The van der Waals surface area contributed by atoms with Crippen molar-refractivity contribution in [1.82, 2.24) is 14.7 Å². The lowest BCUT2D eigenvalue weighted by Gasteiger charge is -2.35. The summed E-state index contributed by atoms with van der Waals surface area (Å²) in [5.41, 5.74) is -6.43. The Kier molecular flexibility index (Phi) is 5.21. The first-order valence-corrected chi connectivity index (χ1v) is 11.4. The third-order valence-electron chi connectivity index (χ3n) is 6.90. The number of amides is 1. The van der Waals surface area contributed by atoms with Crippen molar-refractivity contribution in [2.24, 2.45) is 5.41 Å². The minimum Gasteiger partial charge on any atom is -0.467 e. The van der Waals surface area contributed by atoms with E-state index in [0.717, 1.165) is 9.58 Å². The number of nitrogens with one attached hydrogen (secondary N) is 1. The molecule has 2 aromatic heterocycles. The molecule has 1 aromatic carbocycles. The first kappa shape index (κ1) is 23.9. The maximum absolute atomic E-state index is 15.3. The average Bonchev–Trinajstić information content (AvgIpc) is 3.46. The van der Waals surface area contributed by atoms with E-state index in [4.69, 9.17) is 4.42 Å². The van der Waals surface area contributed by atoms with Gasteiger partial charge >= 0.3 is 6.18 Å². The molecular formula is C26H24F3N3O4. The number of furan rings is 1. The Morgan fingerprint density at radius 3 is 2.33 bits per heavy atom. The van der Waals surface area contributed by atoms with Crippen LogP contribution in [0, 0.1) is 12.3 Å². The van der Waals surface area contributed by atoms with E-state index >= 15 is 13.2 Å². The van der Waals surface area contributed by atoms with Crippen LogP contribution in [-0.4, -0.2) is 32.5 Å². The number of carbonyl (C=O) groups excluding carboxylic acids is 2. The van der Waals surface area contributed by atoms with Crippen LogP contribution in [0.3, 0.4) is 0 Å². The van der Waals surface area contributed by atoms with E-state index in [0.29, 0.717) is 5.69 Å². The van der Waals surface area contributed by atoms with Gasteiger partial charge in [-0.2, -0.15) is 13.2 Å². The number of H-pyrrole nitrogens is 1. The van der Waals surface area contributed by atoms with Gasteiger partial charge in [0.1, 0.15) is 5.76 Å². The molecule has 188 valence electrons. The first-order valence-electron chi connectivity index (χ1n) is 11.4. The molecule has 1 amide bonds. The zero-order valence-electron chi connectivity index (χ0n) is 19.9. The van der Waals surface area contributed by atoms with Crippen LogP contribution < -0.4 is 5.56 Å². The third-order valence-corrected chi connectivity index (χ3v) is 6.90. The zero-order chi connectivity index (χ0) is 26.0. The van der Waals surface area contributed by atoms with Crippen molar-refractivity contribution in [3.05, 3.63) is 87.4 Å². The second-order valence-electron chi connectivity index (χ2n) is 10.1. The quantitative estimate of drug-likeness (QED) is 0.571. The van der Waals surface area contributed by atoms with E-state index in [1.165, 1.54) is 13.2 Å². The van der Waals surface area contributed by atoms with E-state index in [1.807, 2.05) is 0 Å². The van der Waals surface area contributed by atoms with Crippen molar-refractivity contribution in [1.29, 1.82) is 0 Å². The monoisotopic (exact) mass is 499 g/mol. The Bertz CT molecular complexity index is 1450. The topological polar surface area (TPSA) is 88.3 Å². The Morgan fingerprint density at radius 2 is 1.72 bits per heavy atom. The lowest BCUT2D eigenvalue weighted by molar-refractivity contribution is -0.189. The number of rotatable bonds is 4. The molecule has 0 saturated heterocycles. The number of allylic oxidation sites excluding steroid dienone is 1. The Morgan fingerprint density at radius 1 is 1.03 bits per heavy atom. The molecule has 1 aliphatic heterocycles. The summed E-state index contributed by atoms with van der Waals surface area (Å²) in [4.78, 5) is 42.0. The standard InChI is InChI=1S/C26H24F3N3O4/c1-15-20(22(34)32(30-15)16-8-5-4-6-9-16)25(26(27,28)29)21-18(12-24(2,3)13-19(21)33)31(23(25)35)14-17-10-7-11-36-17/h4-11,30H,12-14H2,1-3H3. The Hall–Kier alpha value is -3.82. The second-order valence-corrected chi connectivity index (χ2v) is 10.1. The van der Waals surface area contributed by atoms with Crippen LogP contribution in [0.5, 0.6) is 0 Å². The van der Waals surface area contributed by atoms with Gasteiger partial charge in [0.15, 0.2) is 5.78 Å². The van der Waals surface area contributed by atoms with E-state index in [9.17, 15) is 14.4 Å². The maximum Gasteiger partial charge on any atom is 0.411 e. The highest BCUT2D eigenvalue weighted by Crippen LogP contribution is 2.57. The van der Waals surface area contributed by atoms with Crippen LogP contribution in [0.15, 0.2) is 69.2 Å². The van der Waals surface area contributed by atoms with E-state index in [2.05, 4.69) is 5.10 Å². The summed E-state index contributed by atoms with van der Waals surface area (Å²) in [6.07, 6.45) is -4.02. The molecule has 5 rings (SSSR count). The predicted octanol–water partition coefficient (Wildman–Crippen LogP) is 4.55. The molecule has 36 heavy (non-hydrogen) atoms. The van der Waals surface area contributed by atoms with E-state index in [-0.39, 0.29) is 36.5 Å². The molecule has 1 N–H and O–H groups in total. The number of Topliss-reactive ketones (excluding diaryl/α,β-unsaturated/α-hetero) is 1. The molecule has 0 bridgehead atoms. The Labute approximate surface area is 204 Å². The van der Waals surface area contributed by atoms with E-state index < -0.39 is 45.4 Å². The SMILES string of the molecule is Cc1[nH]n(-c2ccccc2)c(=O)c1C1(C(F)(F)F)C(=O)N(Cc2ccco2)C2=C1C(=O)CC(C)(C)C2. The first-order chi connectivity index (χ1) is 16.9. The van der Waals surface area contributed by atoms with Crippen molar-refractivity contribution in [2.75, 3.05) is 0 Å². The molecule has 3 aromatic rings. The lowest BCUT2D eigenvalue weighted by atomic mass is 9.66. The number of ketones is 1. The summed E-state index contributed by atoms with van der Waals surface area (Å²) in [5.74, 6) is -1.90. The molecule has 7 nitrogen and oxygen atoms in total. The summed E-state index contributed by atoms with van der Waals surface area (Å²) >= 11 is 0. The summed E-state index contributed by atoms with van der Waals surface area (Å²) in [5, 5.41) is 2.69. The molecular weight excluding hydrogens is 475 g/mol. The number of aryl methyl sites for hydroxylation is 1. The molecule has 0 saturated carbocycles. The molecule has 3 heterocycles. The van der Waals surface area contributed by atoms with Crippen molar-refractivity contribution < 1.29 is 27.2 Å². The Balaban J connectivity index is 1.82. The van der Waals surface area contributed by atoms with Gasteiger partial charge in [-0.1, -0.05) is 32.0 Å². The highest BCUT2D eigenvalue weighted by atomic mass is 19.4. The zero-order valence-corrected chi connectivity index (χ0v) is 19.9. The van der Waals surface area contributed by atoms with Crippen molar-refractivity contribution in [3.8, 4) is 5.69 Å². The van der Waals surface area contributed by atoms with Gasteiger partial charge in [-0.3, -0.25) is 19.5 Å². The van der Waals surface area contributed by atoms with Gasteiger partial charge in [-0.25, -0.2) is 4.68 Å². The smallest absolute Gasteiger partial charge is 0.411 e. The van der Waals surface area contributed by atoms with Gasteiger partial charge in [0.2, 0.25) is 5.41 Å². The highest BCUT2D eigenvalue weighted by molar-refractivity contribution is 6.13. The maximum atomic E-state index is 15.3. The average molecular weight is 499 g/mol. The minimum atomic E-state index is -5.26. The number of aromatic amines is 1. The third kappa shape index (κ3) is 3.30. The normalized spacial score (nSPS) is 21.9. The molecule has 1 aliphatic carbocycles. The largest absolute Gasteiger partial charge is 0.467 e. The number of aromatic nitrogens is 2. The molecule has 2 aliphatic rings. The van der Waals surface area contributed by atoms with Gasteiger partial charge in [0, 0.05) is 23.4 Å². The van der Waals surface area contributed by atoms with Gasteiger partial charge in [-0.05, 0) is 43.0 Å². The van der Waals surface area contributed by atoms with Gasteiger partial charge in [0.25, 0.3) is 11.5 Å². The van der Waals surface area contributed by atoms with Crippen molar-refractivity contribution >= 4 is 11.7 Å². The summed E-state index contributed by atoms with van der Waals surface area (Å²) in [6, 6.07) is 11.2. The number of carbonyl (C=O) groups is 2. The highest BCUT2D eigenvalue weighted by Gasteiger charge is 2.73. The van der Waals surface area contributed by atoms with Crippen LogP contribution in [-0.2, 0) is 21.5 Å². The molecule has 0 fully saturated rings. The number of halogens is 3. The molecule has 0 spiro atoms. The number of hydrogen-bond acceptors (Lipinski definition) is 4. The molecule has 10 heteroatoms. The number of benzene rings is 1. The van der Waals surface area contributed by atoms with Gasteiger partial charge in [-0.15, -0.1) is 0 Å². The molecule has 1 unspecified atom stereocenters. The number of nitrogens with zero attached hydrogens (tertiary/aromatic N) is 2. The number of hydrogen-bond donors (Lipinski definition) is 1. The van der Waals surface area contributed by atoms with Gasteiger partial charge in [0.05, 0.1) is 24.1 Å². The number of alkyl halides is 3. The van der Waals surface area contributed by atoms with Crippen LogP contribution in [0.1, 0.15) is 43.7 Å². The summed E-state index contributed by atoms with van der Waals surface area (Å²) in [7, 11) is 0. The van der Waals surface area contributed by atoms with E-state index in [1.54, 1.807) is 56.3 Å². The lowest BCUT2D eigenvalue weighted by Crippen LogP contribution is -2.55. The van der Waals surface area contributed by atoms with Gasteiger partial charge < -0.3 is 9.32 Å². The summed E-state index contributed by atoms with van der Waals surface area (Å²) < 4.78 is 52.2. The predicted molar refractivity (Wildman–Crippen MR) is 123 cm³/mol. The van der Waals surface area contributed by atoms with Crippen molar-refractivity contribution in [2.45, 2.75) is 51.7 Å². The van der Waals surface area contributed by atoms with Crippen molar-refractivity contribution in [3.63, 3.8) is 0 Å². The second kappa shape index (κ2) is 7.84. The summed E-state index contributed by atoms with van der Waals surface area (Å²) in [6.45, 7) is 4.55. The fraction of sp³-hybridized carbons (Fsp3) is 0.346. The van der Waals surface area contributed by atoms with Crippen LogP contribution in [0.25, 0.3) is 5.69 Å². The number of para-hydroxylation sites is 1. The fourth-order valence-electron chi connectivity index (χ4n) is 5.49.